The number of fused-ring (bicyclic) bond motifs is 3. The zero-order valence-corrected chi connectivity index (χ0v) is 72.6. The van der Waals surface area contributed by atoms with Crippen molar-refractivity contribution >= 4 is 89.6 Å². The molecule has 2 saturated carbocycles. The van der Waals surface area contributed by atoms with Crippen LogP contribution >= 0.6 is 0 Å². The first kappa shape index (κ1) is 82.3. The fraction of sp³-hybridized carbons (Fsp3) is 0.423. The van der Waals surface area contributed by atoms with Crippen LogP contribution in [0.25, 0.3) is 43.4 Å². The highest BCUT2D eigenvalue weighted by atomic mass is 16.6. The van der Waals surface area contributed by atoms with E-state index < -0.39 is 0 Å². The van der Waals surface area contributed by atoms with Gasteiger partial charge in [0.15, 0.2) is 0 Å². The molecule has 12 heteroatoms. The summed E-state index contributed by atoms with van der Waals surface area (Å²) in [6.07, 6.45) is 14.1. The van der Waals surface area contributed by atoms with E-state index in [9.17, 15) is 29.6 Å². The van der Waals surface area contributed by atoms with E-state index in [4.69, 9.17) is 4.99 Å². The lowest BCUT2D eigenvalue weighted by molar-refractivity contribution is -0.384. The first-order valence-corrected chi connectivity index (χ1v) is 42.6. The Morgan fingerprint density at radius 2 is 0.767 bits per heavy atom. The number of carbonyl (C=O) groups excluding carboxylic acids is 2. The minimum Gasteiger partial charge on any atom is -0.494 e. The number of nitrogens with zero attached hydrogens (tertiary/aromatic N) is 6. The Bertz CT molecular complexity index is 5660. The summed E-state index contributed by atoms with van der Waals surface area (Å²) in [7, 11) is 0. The van der Waals surface area contributed by atoms with Crippen molar-refractivity contribution in [3.63, 3.8) is 0 Å². The average molecular weight is 1550 g/mol. The normalized spacial score (nSPS) is 15.4. The molecule has 3 heterocycles. The number of amides is 2. The van der Waals surface area contributed by atoms with Gasteiger partial charge < -0.3 is 14.9 Å². The zero-order chi connectivity index (χ0) is 83.3. The van der Waals surface area contributed by atoms with Crippen LogP contribution < -0.4 is 20.7 Å². The summed E-state index contributed by atoms with van der Waals surface area (Å²) < 4.78 is 1.67. The van der Waals surface area contributed by atoms with Crippen molar-refractivity contribution in [2.45, 2.75) is 262 Å². The number of nitro benzene ring substituents is 1. The third-order valence-electron chi connectivity index (χ3n) is 24.9. The van der Waals surface area contributed by atoms with Gasteiger partial charge in [-0.2, -0.15) is 0 Å². The topological polar surface area (TPSA) is 142 Å². The number of benzene rings is 10. The number of hydrogen-bond donors (Lipinski definition) is 1. The molecule has 2 fully saturated rings. The highest BCUT2D eigenvalue weighted by Crippen LogP contribution is 2.49. The fourth-order valence-corrected chi connectivity index (χ4v) is 21.2. The Balaban J connectivity index is 0.000000191. The smallest absolute Gasteiger partial charge is 0.279 e. The standard InChI is InChI=1S/C52H61N3O4.C52H61N3O2/c1-49(2,3)32-51(7,8)34-19-23-37(24-20-34)53(38-25-21-35(22-26-38)52(9,10)33-50(4,5)6)39-27-28-41(45(31-39)55(58)59)40-29-30-44-46-42(40)17-14-18-43(46)47(56)54(48(44)57)36-15-12-11-13-16-36;1-49(2,3)31-51(7,8)33-19-23-36(24-20-33)54(37-25-21-34(22-26-37)52(9,10)32-50(4,5)6)38-27-28-39-43(29-38)53-44-30-42-45-40(46(39)44)17-14-18-41(45)47(56)55(48(42)57)35-15-12-11-13-16-35/h14,17-31,36H,11-13,15-16,32-33H2,1-10H3;14,17-30,35,57H,11-13,15-16,31-32H2,1-10H3. The third-order valence-corrected chi connectivity index (χ3v) is 24.9. The van der Waals surface area contributed by atoms with Gasteiger partial charge in [-0.05, 0) is 230 Å². The second-order valence-corrected chi connectivity index (χ2v) is 41.6. The second-order valence-electron chi connectivity index (χ2n) is 41.6. The van der Waals surface area contributed by atoms with E-state index in [1.165, 1.54) is 33.6 Å². The molecule has 10 aromatic carbocycles. The van der Waals surface area contributed by atoms with Gasteiger partial charge in [0.05, 0.1) is 27.2 Å². The monoisotopic (exact) mass is 1550 g/mol. The molecule has 116 heavy (non-hydrogen) atoms. The number of carbonyl (C=O) groups is 2. The average Bonchev–Trinajstić information content (AvgIpc) is 1.46. The molecule has 2 aliphatic carbocycles. The molecule has 0 bridgehead atoms. The van der Waals surface area contributed by atoms with Gasteiger partial charge in [0.2, 0.25) is 5.88 Å². The summed E-state index contributed by atoms with van der Waals surface area (Å²) in [5.74, 6) is -0.490. The van der Waals surface area contributed by atoms with Crippen molar-refractivity contribution < 1.29 is 19.6 Å². The minimum absolute atomic E-state index is 0.0165. The van der Waals surface area contributed by atoms with Gasteiger partial charge in [-0.25, -0.2) is 4.99 Å². The predicted octanol–water partition coefficient (Wildman–Crippen LogP) is 27.8. The van der Waals surface area contributed by atoms with E-state index in [1.54, 1.807) is 22.8 Å². The predicted molar refractivity (Wildman–Crippen MR) is 481 cm³/mol. The van der Waals surface area contributed by atoms with Crippen molar-refractivity contribution in [1.82, 2.24) is 9.47 Å². The molecule has 0 atom stereocenters. The minimum atomic E-state index is -0.330. The van der Waals surface area contributed by atoms with Gasteiger partial charge in [-0.15, -0.1) is 0 Å². The third kappa shape index (κ3) is 16.6. The van der Waals surface area contributed by atoms with Crippen LogP contribution in [0.2, 0.25) is 0 Å². The van der Waals surface area contributed by atoms with Gasteiger partial charge >= 0.3 is 0 Å². The molecule has 0 radical (unpaired) electrons. The van der Waals surface area contributed by atoms with Crippen LogP contribution in [0.4, 0.5) is 45.5 Å². The maximum atomic E-state index is 14.0. The SMILES string of the molecule is CC(C)(C)CC(C)(C)c1ccc(N(c2ccc(C(C)(C)CC(C)(C)C)cc2)c2ccc(-c3ccc4c5c(cccc35)C(=O)N(C3CCCCC3)C4=O)c([N+](=O)[O-])c2)cc1.CC(C)(C)CC(C)(C)c1ccc(N(c2ccc(C(C)(C)CC(C)(C)C)cc2)c2ccc3c(c2)=Nc2cc4c(O)n(C5CCCCC5)c(=O)c5cccc(c2=3)c45)cc1. The highest BCUT2D eigenvalue weighted by Gasteiger charge is 2.40. The van der Waals surface area contributed by atoms with Crippen LogP contribution in [0, 0.1) is 42.2 Å². The number of aromatic hydroxyl groups is 1. The molecule has 0 unspecified atom stereocenters. The lowest BCUT2D eigenvalue weighted by Gasteiger charge is -2.36. The molecule has 604 valence electrons. The van der Waals surface area contributed by atoms with E-state index in [2.05, 4.69) is 270 Å². The largest absolute Gasteiger partial charge is 0.494 e. The van der Waals surface area contributed by atoms with Gasteiger partial charge in [0.25, 0.3) is 23.1 Å². The molecule has 12 nitrogen and oxygen atoms in total. The lowest BCUT2D eigenvalue weighted by atomic mass is 9.72. The second kappa shape index (κ2) is 30.7. The fourth-order valence-electron chi connectivity index (χ4n) is 21.2. The first-order chi connectivity index (χ1) is 54.5. The molecule has 4 aliphatic rings. The van der Waals surface area contributed by atoms with Gasteiger partial charge in [-0.1, -0.05) is 262 Å². The van der Waals surface area contributed by atoms with Gasteiger partial charge in [0, 0.05) is 89.7 Å². The van der Waals surface area contributed by atoms with E-state index in [1.807, 2.05) is 48.5 Å². The van der Waals surface area contributed by atoms with Crippen LogP contribution in [-0.4, -0.2) is 37.4 Å². The summed E-state index contributed by atoms with van der Waals surface area (Å²) in [5, 5.41) is 32.2. The molecular formula is C104H122N6O6. The first-order valence-electron chi connectivity index (χ1n) is 42.6. The molecule has 1 aromatic heterocycles. The molecule has 15 rings (SSSR count). The quantitative estimate of drug-likeness (QED) is 0.0508. The molecule has 2 aliphatic heterocycles. The van der Waals surface area contributed by atoms with Crippen molar-refractivity contribution in [3.05, 3.63) is 258 Å². The highest BCUT2D eigenvalue weighted by molar-refractivity contribution is 6.27. The number of aromatic nitrogens is 1. The van der Waals surface area contributed by atoms with Crippen molar-refractivity contribution in [1.29, 1.82) is 0 Å². The van der Waals surface area contributed by atoms with E-state index >= 15 is 0 Å². The Morgan fingerprint density at radius 1 is 0.397 bits per heavy atom. The summed E-state index contributed by atoms with van der Waals surface area (Å²) in [4.78, 5) is 66.0. The summed E-state index contributed by atoms with van der Waals surface area (Å²) >= 11 is 0. The molecule has 0 spiro atoms. The van der Waals surface area contributed by atoms with Crippen molar-refractivity contribution in [3.8, 4) is 17.0 Å². The lowest BCUT2D eigenvalue weighted by Crippen LogP contribution is -2.47. The van der Waals surface area contributed by atoms with Crippen molar-refractivity contribution in [2.24, 2.45) is 26.7 Å². The molecule has 11 aromatic rings. The van der Waals surface area contributed by atoms with E-state index in [0.29, 0.717) is 49.5 Å². The summed E-state index contributed by atoms with van der Waals surface area (Å²) in [6.45, 7) is 46.0. The van der Waals surface area contributed by atoms with Crippen LogP contribution in [0.3, 0.4) is 0 Å². The number of nitro groups is 1. The van der Waals surface area contributed by atoms with Crippen molar-refractivity contribution in [2.75, 3.05) is 9.80 Å². The Kier molecular flexibility index (Phi) is 21.8. The van der Waals surface area contributed by atoms with Crippen LogP contribution in [-0.2, 0) is 21.7 Å². The summed E-state index contributed by atoms with van der Waals surface area (Å²) in [5.41, 5.74) is 14.1. The molecule has 1 N–H and O–H groups in total. The Labute approximate surface area is 687 Å². The number of imide groups is 1. The Hall–Kier alpha value is -10.2. The molecule has 2 amide bonds. The Morgan fingerprint density at radius 3 is 1.21 bits per heavy atom. The van der Waals surface area contributed by atoms with Crippen LogP contribution in [0.15, 0.2) is 198 Å². The van der Waals surface area contributed by atoms with Gasteiger partial charge in [0.1, 0.15) is 0 Å². The zero-order valence-electron chi connectivity index (χ0n) is 72.6. The maximum Gasteiger partial charge on any atom is 0.279 e. The molecular weight excluding hydrogens is 1430 g/mol. The van der Waals surface area contributed by atoms with E-state index in [-0.39, 0.29) is 89.3 Å². The van der Waals surface area contributed by atoms with Crippen LogP contribution in [0.5, 0.6) is 5.88 Å². The number of hydrogen-bond acceptors (Lipinski definition) is 9. The number of pyridine rings is 1. The van der Waals surface area contributed by atoms with Gasteiger partial charge in [-0.3, -0.25) is 34.0 Å². The number of rotatable bonds is 18. The maximum absolute atomic E-state index is 14.0. The van der Waals surface area contributed by atoms with Crippen LogP contribution in [0.1, 0.15) is 277 Å². The molecule has 0 saturated heterocycles. The van der Waals surface area contributed by atoms with E-state index in [0.717, 1.165) is 144 Å². The number of anilines is 6. The summed E-state index contributed by atoms with van der Waals surface area (Å²) in [6, 6.07) is 64.4.